The maximum atomic E-state index is 9.00. The van der Waals surface area contributed by atoms with E-state index < -0.39 is 0 Å². The van der Waals surface area contributed by atoms with Crippen molar-refractivity contribution in [3.05, 3.63) is 0 Å². The number of nitrogens with two attached hydrogens (primary N) is 1. The number of rotatable bonds is 7. The number of hydrogen-bond donors (Lipinski definition) is 4. The van der Waals surface area contributed by atoms with E-state index in [9.17, 15) is 0 Å². The minimum atomic E-state index is 0.127. The Morgan fingerprint density at radius 3 is 2.57 bits per heavy atom. The maximum absolute atomic E-state index is 9.00. The van der Waals surface area contributed by atoms with Gasteiger partial charge in [0.1, 0.15) is 5.84 Å². The zero-order valence-corrected chi connectivity index (χ0v) is 8.90. The predicted molar refractivity (Wildman–Crippen MR) is 56.4 cm³/mol. The molecule has 0 bridgehead atoms. The second kappa shape index (κ2) is 7.58. The highest BCUT2D eigenvalue weighted by atomic mass is 16.4. The van der Waals surface area contributed by atoms with Crippen molar-refractivity contribution < 1.29 is 10.3 Å². The van der Waals surface area contributed by atoms with Crippen molar-refractivity contribution in [1.82, 2.24) is 5.32 Å². The van der Waals surface area contributed by atoms with Crippen LogP contribution in [0.25, 0.3) is 0 Å². The highest BCUT2D eigenvalue weighted by molar-refractivity contribution is 5.79. The van der Waals surface area contributed by atoms with Gasteiger partial charge in [-0.25, -0.2) is 0 Å². The summed E-state index contributed by atoms with van der Waals surface area (Å²) in [5.41, 5.74) is 5.30. The molecule has 5 nitrogen and oxygen atoms in total. The minimum Gasteiger partial charge on any atom is -0.409 e. The van der Waals surface area contributed by atoms with Crippen LogP contribution in [0.4, 0.5) is 0 Å². The van der Waals surface area contributed by atoms with E-state index in [0.717, 1.165) is 13.0 Å². The molecule has 0 amide bonds. The van der Waals surface area contributed by atoms with Crippen LogP contribution in [0.5, 0.6) is 0 Å². The number of aliphatic hydroxyl groups excluding tert-OH is 1. The van der Waals surface area contributed by atoms with Crippen LogP contribution in [0.15, 0.2) is 5.16 Å². The molecule has 1 unspecified atom stereocenters. The average Bonchev–Trinajstić information content (AvgIpc) is 2.16. The third-order valence-electron chi connectivity index (χ3n) is 2.15. The van der Waals surface area contributed by atoms with E-state index in [2.05, 4.69) is 24.3 Å². The second-order valence-electron chi connectivity index (χ2n) is 3.68. The number of amidine groups is 1. The fraction of sp³-hybridized carbons (Fsp3) is 0.889. The lowest BCUT2D eigenvalue weighted by Gasteiger charge is -2.19. The summed E-state index contributed by atoms with van der Waals surface area (Å²) < 4.78 is 0. The van der Waals surface area contributed by atoms with Gasteiger partial charge >= 0.3 is 0 Å². The molecular formula is C9H21N3O2. The van der Waals surface area contributed by atoms with Crippen molar-refractivity contribution in [3.63, 3.8) is 0 Å². The fourth-order valence-corrected chi connectivity index (χ4v) is 1.12. The smallest absolute Gasteiger partial charge is 0.139 e. The van der Waals surface area contributed by atoms with Gasteiger partial charge < -0.3 is 21.4 Å². The van der Waals surface area contributed by atoms with Gasteiger partial charge in [0.2, 0.25) is 0 Å². The van der Waals surface area contributed by atoms with Crippen LogP contribution < -0.4 is 11.1 Å². The molecule has 0 saturated carbocycles. The van der Waals surface area contributed by atoms with Crippen molar-refractivity contribution in [2.45, 2.75) is 32.7 Å². The first-order chi connectivity index (χ1) is 6.61. The van der Waals surface area contributed by atoms with Crippen LogP contribution in [-0.2, 0) is 0 Å². The Morgan fingerprint density at radius 1 is 1.50 bits per heavy atom. The molecule has 0 aliphatic heterocycles. The van der Waals surface area contributed by atoms with Crippen molar-refractivity contribution in [3.8, 4) is 0 Å². The largest absolute Gasteiger partial charge is 0.409 e. The Bertz CT molecular complexity index is 171. The molecule has 0 saturated heterocycles. The molecule has 0 heterocycles. The van der Waals surface area contributed by atoms with Crippen molar-refractivity contribution in [2.75, 3.05) is 13.2 Å². The first kappa shape index (κ1) is 13.2. The Morgan fingerprint density at radius 2 is 2.14 bits per heavy atom. The highest BCUT2D eigenvalue weighted by Gasteiger charge is 2.10. The first-order valence-corrected chi connectivity index (χ1v) is 4.92. The standard InChI is InChI=1S/C9H21N3O2/c1-7(2)8(6-13)11-5-3-4-9(10)12-14/h7-8,11,13-14H,3-6H2,1-2H3,(H2,10,12). The molecule has 0 rings (SSSR count). The Hall–Kier alpha value is -0.810. The van der Waals surface area contributed by atoms with E-state index in [1.54, 1.807) is 0 Å². The molecular weight excluding hydrogens is 182 g/mol. The summed E-state index contributed by atoms with van der Waals surface area (Å²) in [4.78, 5) is 0. The molecule has 5 heteroatoms. The van der Waals surface area contributed by atoms with Gasteiger partial charge in [0.25, 0.3) is 0 Å². The lowest BCUT2D eigenvalue weighted by Crippen LogP contribution is -2.37. The van der Waals surface area contributed by atoms with E-state index in [0.29, 0.717) is 12.3 Å². The summed E-state index contributed by atoms with van der Waals surface area (Å²) >= 11 is 0. The number of nitrogens with one attached hydrogen (secondary N) is 1. The minimum absolute atomic E-state index is 0.127. The van der Waals surface area contributed by atoms with Gasteiger partial charge in [-0.2, -0.15) is 0 Å². The summed E-state index contributed by atoms with van der Waals surface area (Å²) in [6, 6.07) is 0.127. The van der Waals surface area contributed by atoms with Crippen LogP contribution in [0.1, 0.15) is 26.7 Å². The van der Waals surface area contributed by atoms with Crippen molar-refractivity contribution in [1.29, 1.82) is 0 Å². The fourth-order valence-electron chi connectivity index (χ4n) is 1.12. The van der Waals surface area contributed by atoms with Crippen molar-refractivity contribution in [2.24, 2.45) is 16.8 Å². The second-order valence-corrected chi connectivity index (χ2v) is 3.68. The SMILES string of the molecule is CC(C)C(CO)NCCCC(N)=NO. The van der Waals surface area contributed by atoms with Gasteiger partial charge in [0.05, 0.1) is 6.61 Å². The summed E-state index contributed by atoms with van der Waals surface area (Å²) in [6.07, 6.45) is 1.37. The predicted octanol–water partition coefficient (Wildman–Crippen LogP) is 0.120. The average molecular weight is 203 g/mol. The normalized spacial score (nSPS) is 14.7. The van der Waals surface area contributed by atoms with Crippen LogP contribution in [0.2, 0.25) is 0 Å². The molecule has 0 aliphatic rings. The highest BCUT2D eigenvalue weighted by Crippen LogP contribution is 2.00. The molecule has 0 aliphatic carbocycles. The quantitative estimate of drug-likeness (QED) is 0.155. The molecule has 14 heavy (non-hydrogen) atoms. The summed E-state index contributed by atoms with van der Waals surface area (Å²) in [7, 11) is 0. The molecule has 0 spiro atoms. The van der Waals surface area contributed by atoms with Gasteiger partial charge in [-0.1, -0.05) is 19.0 Å². The number of nitrogens with zero attached hydrogens (tertiary/aromatic N) is 1. The number of oxime groups is 1. The summed E-state index contributed by atoms with van der Waals surface area (Å²) in [6.45, 7) is 5.01. The summed E-state index contributed by atoms with van der Waals surface area (Å²) in [5, 5.41) is 23.4. The van der Waals surface area contributed by atoms with Crippen LogP contribution in [0, 0.1) is 5.92 Å². The molecule has 0 aromatic carbocycles. The molecule has 0 aromatic rings. The van der Waals surface area contributed by atoms with Gasteiger partial charge in [-0.05, 0) is 18.9 Å². The van der Waals surface area contributed by atoms with E-state index in [4.69, 9.17) is 16.0 Å². The van der Waals surface area contributed by atoms with Crippen LogP contribution >= 0.6 is 0 Å². The number of aliphatic hydroxyl groups is 1. The molecule has 1 atom stereocenters. The van der Waals surface area contributed by atoms with E-state index >= 15 is 0 Å². The number of hydrogen-bond acceptors (Lipinski definition) is 4. The van der Waals surface area contributed by atoms with Gasteiger partial charge in [-0.3, -0.25) is 0 Å². The third kappa shape index (κ3) is 5.77. The molecule has 84 valence electrons. The van der Waals surface area contributed by atoms with Gasteiger partial charge in [0, 0.05) is 12.5 Å². The Labute approximate surface area is 85.0 Å². The lowest BCUT2D eigenvalue weighted by atomic mass is 10.1. The lowest BCUT2D eigenvalue weighted by molar-refractivity contribution is 0.211. The molecule has 5 N–H and O–H groups in total. The zero-order chi connectivity index (χ0) is 11.0. The Kier molecular flexibility index (Phi) is 7.14. The zero-order valence-electron chi connectivity index (χ0n) is 8.90. The van der Waals surface area contributed by atoms with Gasteiger partial charge in [0.15, 0.2) is 0 Å². The first-order valence-electron chi connectivity index (χ1n) is 4.92. The van der Waals surface area contributed by atoms with E-state index in [1.807, 2.05) is 0 Å². The van der Waals surface area contributed by atoms with Gasteiger partial charge in [-0.15, -0.1) is 0 Å². The molecule has 0 radical (unpaired) electrons. The van der Waals surface area contributed by atoms with Crippen LogP contribution in [-0.4, -0.2) is 35.3 Å². The van der Waals surface area contributed by atoms with E-state index in [1.165, 1.54) is 0 Å². The maximum Gasteiger partial charge on any atom is 0.139 e. The molecule has 0 fully saturated rings. The monoisotopic (exact) mass is 203 g/mol. The van der Waals surface area contributed by atoms with E-state index in [-0.39, 0.29) is 18.5 Å². The summed E-state index contributed by atoms with van der Waals surface area (Å²) in [5.74, 6) is 0.653. The third-order valence-corrected chi connectivity index (χ3v) is 2.15. The van der Waals surface area contributed by atoms with Crippen LogP contribution in [0.3, 0.4) is 0 Å². The van der Waals surface area contributed by atoms with Crippen molar-refractivity contribution >= 4 is 5.84 Å². The topological polar surface area (TPSA) is 90.9 Å². The Balaban J connectivity index is 3.52. The molecule has 0 aromatic heterocycles.